The number of nitrogens with one attached hydrogen (secondary N) is 1. The number of hydrogen-bond donors (Lipinski definition) is 2. The van der Waals surface area contributed by atoms with Crippen LogP contribution in [0.2, 0.25) is 0 Å². The third kappa shape index (κ3) is 3.68. The van der Waals surface area contributed by atoms with Gasteiger partial charge in [-0.15, -0.1) is 4.98 Å². The molecule has 0 aliphatic carbocycles. The van der Waals surface area contributed by atoms with E-state index < -0.39 is 0 Å². The molecule has 4 nitrogen and oxygen atoms in total. The van der Waals surface area contributed by atoms with Gasteiger partial charge in [-0.05, 0) is 19.8 Å². The number of H-pyrrole nitrogens is 1. The summed E-state index contributed by atoms with van der Waals surface area (Å²) < 4.78 is 0. The van der Waals surface area contributed by atoms with Gasteiger partial charge in [0.25, 0.3) is 0 Å². The number of nitrogens with two attached hydrogens (primary N) is 2. The molecule has 0 aromatic carbocycles. The summed E-state index contributed by atoms with van der Waals surface area (Å²) in [5.74, 6) is 1.06. The average Bonchev–Trinajstić information content (AvgIpc) is 2.20. The standard InChI is InChI=1S/C12H22N4/c1-3-4-5-6-7-8-10-9(2)15-12(14)16-11(10)13/h3-8H2,1-2H3,(H4,13,14,15,16)/p+1. The molecule has 0 spiro atoms. The molecule has 0 saturated carbocycles. The van der Waals surface area contributed by atoms with Crippen LogP contribution in [0.4, 0.5) is 11.8 Å². The minimum absolute atomic E-state index is 0.393. The van der Waals surface area contributed by atoms with E-state index in [0.717, 1.165) is 17.7 Å². The summed E-state index contributed by atoms with van der Waals surface area (Å²) in [4.78, 5) is 7.07. The molecule has 1 aromatic heterocycles. The van der Waals surface area contributed by atoms with Gasteiger partial charge in [-0.25, -0.2) is 4.98 Å². The minimum Gasteiger partial charge on any atom is -0.335 e. The average molecular weight is 223 g/mol. The molecule has 0 amide bonds. The Bertz CT molecular complexity index is 313. The van der Waals surface area contributed by atoms with Crippen molar-refractivity contribution in [3.05, 3.63) is 11.3 Å². The summed E-state index contributed by atoms with van der Waals surface area (Å²) in [6.07, 6.45) is 7.33. The van der Waals surface area contributed by atoms with Crippen LogP contribution in [0, 0.1) is 6.92 Å². The molecule has 16 heavy (non-hydrogen) atoms. The summed E-state index contributed by atoms with van der Waals surface area (Å²) >= 11 is 0. The molecule has 4 heteroatoms. The van der Waals surface area contributed by atoms with Crippen molar-refractivity contribution in [1.82, 2.24) is 4.98 Å². The second-order valence-electron chi connectivity index (χ2n) is 4.26. The van der Waals surface area contributed by atoms with Gasteiger partial charge in [-0.2, -0.15) is 0 Å². The van der Waals surface area contributed by atoms with E-state index in [1.807, 2.05) is 6.92 Å². The fourth-order valence-electron chi connectivity index (χ4n) is 1.91. The van der Waals surface area contributed by atoms with Crippen LogP contribution in [0.5, 0.6) is 0 Å². The van der Waals surface area contributed by atoms with Crippen LogP contribution >= 0.6 is 0 Å². The zero-order valence-electron chi connectivity index (χ0n) is 10.3. The van der Waals surface area contributed by atoms with Crippen molar-refractivity contribution >= 4 is 11.8 Å². The highest BCUT2D eigenvalue weighted by Crippen LogP contribution is 2.15. The lowest BCUT2D eigenvalue weighted by Gasteiger charge is -2.05. The Kier molecular flexibility index (Phi) is 5.02. The van der Waals surface area contributed by atoms with Crippen LogP contribution in [0.1, 0.15) is 50.3 Å². The first-order valence-electron chi connectivity index (χ1n) is 6.09. The molecule has 0 bridgehead atoms. The summed E-state index contributed by atoms with van der Waals surface area (Å²) in [5, 5.41) is 0. The molecule has 1 aromatic rings. The van der Waals surface area contributed by atoms with E-state index in [9.17, 15) is 0 Å². The largest absolute Gasteiger partial charge is 0.342 e. The molecule has 0 aliphatic heterocycles. The summed E-state index contributed by atoms with van der Waals surface area (Å²) in [5.41, 5.74) is 13.5. The zero-order valence-corrected chi connectivity index (χ0v) is 10.3. The summed E-state index contributed by atoms with van der Waals surface area (Å²) in [6.45, 7) is 4.18. The second-order valence-corrected chi connectivity index (χ2v) is 4.26. The molecule has 0 radical (unpaired) electrons. The van der Waals surface area contributed by atoms with Gasteiger partial charge < -0.3 is 11.5 Å². The van der Waals surface area contributed by atoms with Crippen molar-refractivity contribution < 1.29 is 4.98 Å². The fraction of sp³-hybridized carbons (Fsp3) is 0.667. The minimum atomic E-state index is 0.393. The van der Waals surface area contributed by atoms with Gasteiger partial charge in [0.05, 0.1) is 0 Å². The molecule has 90 valence electrons. The Balaban J connectivity index is 2.47. The van der Waals surface area contributed by atoms with Gasteiger partial charge in [0.2, 0.25) is 0 Å². The van der Waals surface area contributed by atoms with E-state index in [2.05, 4.69) is 16.9 Å². The molecule has 0 saturated heterocycles. The number of aromatic nitrogens is 2. The Labute approximate surface area is 97.5 Å². The highest BCUT2D eigenvalue weighted by atomic mass is 15.0. The summed E-state index contributed by atoms with van der Waals surface area (Å²) in [6, 6.07) is 0. The van der Waals surface area contributed by atoms with Crippen molar-refractivity contribution in [3.8, 4) is 0 Å². The van der Waals surface area contributed by atoms with E-state index in [1.165, 1.54) is 32.1 Å². The zero-order chi connectivity index (χ0) is 12.0. The number of nitrogen functional groups attached to an aromatic ring is 2. The van der Waals surface area contributed by atoms with E-state index in [-0.39, 0.29) is 0 Å². The van der Waals surface area contributed by atoms with E-state index in [1.54, 1.807) is 0 Å². The number of unbranched alkanes of at least 4 members (excludes halogenated alkanes) is 4. The number of rotatable bonds is 6. The van der Waals surface area contributed by atoms with E-state index in [4.69, 9.17) is 11.5 Å². The maximum atomic E-state index is 5.89. The second kappa shape index (κ2) is 6.30. The molecular formula is C12H23N4+. The molecular weight excluding hydrogens is 200 g/mol. The van der Waals surface area contributed by atoms with Crippen LogP contribution in [0.25, 0.3) is 0 Å². The highest BCUT2D eigenvalue weighted by molar-refractivity contribution is 5.38. The van der Waals surface area contributed by atoms with Crippen molar-refractivity contribution in [2.24, 2.45) is 0 Å². The highest BCUT2D eigenvalue weighted by Gasteiger charge is 2.11. The van der Waals surface area contributed by atoms with Gasteiger partial charge in [0, 0.05) is 5.56 Å². The van der Waals surface area contributed by atoms with Gasteiger partial charge in [0.15, 0.2) is 5.82 Å². The van der Waals surface area contributed by atoms with E-state index >= 15 is 0 Å². The van der Waals surface area contributed by atoms with Crippen molar-refractivity contribution in [3.63, 3.8) is 0 Å². The Hall–Kier alpha value is -1.32. The molecule has 0 unspecified atom stereocenters. The molecule has 1 heterocycles. The Morgan fingerprint density at radius 2 is 1.81 bits per heavy atom. The maximum Gasteiger partial charge on any atom is 0.342 e. The maximum absolute atomic E-state index is 5.89. The van der Waals surface area contributed by atoms with Gasteiger partial charge in [-0.3, -0.25) is 0 Å². The van der Waals surface area contributed by atoms with Crippen molar-refractivity contribution in [2.75, 3.05) is 11.5 Å². The van der Waals surface area contributed by atoms with Gasteiger partial charge in [-0.1, -0.05) is 32.6 Å². The van der Waals surface area contributed by atoms with E-state index in [0.29, 0.717) is 11.8 Å². The smallest absolute Gasteiger partial charge is 0.335 e. The third-order valence-electron chi connectivity index (χ3n) is 2.84. The lowest BCUT2D eigenvalue weighted by molar-refractivity contribution is -0.347. The quantitative estimate of drug-likeness (QED) is 0.723. The van der Waals surface area contributed by atoms with Crippen molar-refractivity contribution in [1.29, 1.82) is 0 Å². The van der Waals surface area contributed by atoms with Gasteiger partial charge in [0.1, 0.15) is 5.69 Å². The number of aromatic amines is 1. The van der Waals surface area contributed by atoms with Gasteiger partial charge >= 0.3 is 5.95 Å². The molecule has 0 fully saturated rings. The first kappa shape index (κ1) is 12.7. The first-order valence-corrected chi connectivity index (χ1v) is 6.09. The van der Waals surface area contributed by atoms with Crippen LogP contribution < -0.4 is 16.5 Å². The number of hydrogen-bond acceptors (Lipinski definition) is 3. The lowest BCUT2D eigenvalue weighted by atomic mass is 10.1. The van der Waals surface area contributed by atoms with Crippen LogP contribution in [0.3, 0.4) is 0 Å². The molecule has 1 rings (SSSR count). The number of anilines is 2. The SMILES string of the molecule is CCCCCCCc1c(C)nc(N)[nH+]c1N. The Morgan fingerprint density at radius 3 is 2.44 bits per heavy atom. The number of nitrogens with zero attached hydrogens (tertiary/aromatic N) is 1. The third-order valence-corrected chi connectivity index (χ3v) is 2.84. The van der Waals surface area contributed by atoms with Crippen LogP contribution in [-0.4, -0.2) is 4.98 Å². The topological polar surface area (TPSA) is 79.1 Å². The first-order chi connectivity index (χ1) is 7.65. The molecule has 5 N–H and O–H groups in total. The molecule has 0 atom stereocenters. The van der Waals surface area contributed by atoms with Crippen molar-refractivity contribution in [2.45, 2.75) is 52.4 Å². The lowest BCUT2D eigenvalue weighted by Crippen LogP contribution is -2.21. The Morgan fingerprint density at radius 1 is 1.12 bits per heavy atom. The van der Waals surface area contributed by atoms with Crippen LogP contribution in [0.15, 0.2) is 0 Å². The summed E-state index contributed by atoms with van der Waals surface area (Å²) in [7, 11) is 0. The number of aryl methyl sites for hydroxylation is 1. The normalized spacial score (nSPS) is 10.6. The predicted octanol–water partition coefficient (Wildman–Crippen LogP) is 1.88. The monoisotopic (exact) mass is 223 g/mol. The van der Waals surface area contributed by atoms with Crippen LogP contribution in [-0.2, 0) is 6.42 Å². The predicted molar refractivity (Wildman–Crippen MR) is 66.8 cm³/mol. The fourth-order valence-corrected chi connectivity index (χ4v) is 1.91. The molecule has 0 aliphatic rings.